The Labute approximate surface area is 154 Å². The summed E-state index contributed by atoms with van der Waals surface area (Å²) in [6.07, 6.45) is 3.41. The maximum atomic E-state index is 11.0. The van der Waals surface area contributed by atoms with E-state index >= 15 is 0 Å². The summed E-state index contributed by atoms with van der Waals surface area (Å²) in [5, 5.41) is 29.8. The molecule has 26 heavy (non-hydrogen) atoms. The summed E-state index contributed by atoms with van der Waals surface area (Å²) in [6.45, 7) is 3.18. The van der Waals surface area contributed by atoms with Crippen molar-refractivity contribution in [3.05, 3.63) is 59.7 Å². The van der Waals surface area contributed by atoms with Crippen molar-refractivity contribution >= 4 is 0 Å². The molecule has 1 heterocycles. The van der Waals surface area contributed by atoms with Crippen molar-refractivity contribution in [3.8, 4) is 11.5 Å². The Morgan fingerprint density at radius 3 is 1.85 bits per heavy atom. The number of hydrogen-bond donors (Lipinski definition) is 3. The molecule has 0 aromatic heterocycles. The third kappa shape index (κ3) is 3.87. The van der Waals surface area contributed by atoms with Gasteiger partial charge in [0.25, 0.3) is 0 Å². The molecule has 1 aliphatic carbocycles. The van der Waals surface area contributed by atoms with Gasteiger partial charge in [0.2, 0.25) is 0 Å². The average molecular weight is 353 g/mol. The molecule has 2 aromatic rings. The highest BCUT2D eigenvalue weighted by Gasteiger charge is 2.47. The van der Waals surface area contributed by atoms with Crippen LogP contribution in [0.3, 0.4) is 0 Å². The van der Waals surface area contributed by atoms with E-state index in [2.05, 4.69) is 4.90 Å². The molecular formula is C22H27NO3. The first-order chi connectivity index (χ1) is 12.5. The molecule has 1 aliphatic heterocycles. The number of likely N-dealkylation sites (tertiary alicyclic amines) is 1. The Hall–Kier alpha value is -2.04. The lowest BCUT2D eigenvalue weighted by Crippen LogP contribution is -2.32. The number of phenolic OH excluding ortho intramolecular Hbond substituents is 2. The van der Waals surface area contributed by atoms with Gasteiger partial charge in [-0.1, -0.05) is 24.3 Å². The van der Waals surface area contributed by atoms with E-state index in [1.54, 1.807) is 24.3 Å². The molecule has 0 amide bonds. The first-order valence-corrected chi connectivity index (χ1v) is 9.50. The zero-order chi connectivity index (χ0) is 18.1. The van der Waals surface area contributed by atoms with Crippen LogP contribution in [0.15, 0.2) is 48.5 Å². The van der Waals surface area contributed by atoms with Gasteiger partial charge in [-0.2, -0.15) is 0 Å². The fourth-order valence-corrected chi connectivity index (χ4v) is 4.83. The Morgan fingerprint density at radius 1 is 0.808 bits per heavy atom. The molecule has 2 fully saturated rings. The molecule has 4 heteroatoms. The summed E-state index contributed by atoms with van der Waals surface area (Å²) in [5.74, 6) is 1.75. The van der Waals surface area contributed by atoms with Crippen LogP contribution in [0.2, 0.25) is 0 Å². The van der Waals surface area contributed by atoms with Crippen LogP contribution < -0.4 is 0 Å². The van der Waals surface area contributed by atoms with E-state index < -0.39 is 5.60 Å². The van der Waals surface area contributed by atoms with E-state index in [4.69, 9.17) is 0 Å². The minimum atomic E-state index is -0.602. The van der Waals surface area contributed by atoms with Gasteiger partial charge in [0.05, 0.1) is 5.60 Å². The fraction of sp³-hybridized carbons (Fsp3) is 0.455. The molecule has 2 aliphatic rings. The van der Waals surface area contributed by atoms with Crippen molar-refractivity contribution < 1.29 is 15.3 Å². The van der Waals surface area contributed by atoms with Crippen LogP contribution in [0.1, 0.15) is 24.0 Å². The lowest BCUT2D eigenvalue weighted by atomic mass is 9.91. The highest BCUT2D eigenvalue weighted by Crippen LogP contribution is 2.45. The van der Waals surface area contributed by atoms with E-state index in [9.17, 15) is 15.3 Å². The van der Waals surface area contributed by atoms with Crippen LogP contribution in [0.4, 0.5) is 0 Å². The zero-order valence-electron chi connectivity index (χ0n) is 15.0. The maximum Gasteiger partial charge on any atom is 0.115 e. The Kier molecular flexibility index (Phi) is 4.63. The molecule has 2 aromatic carbocycles. The average Bonchev–Trinajstić information content (AvgIpc) is 3.11. The van der Waals surface area contributed by atoms with Crippen LogP contribution in [-0.4, -0.2) is 45.5 Å². The summed E-state index contributed by atoms with van der Waals surface area (Å²) in [5.41, 5.74) is 1.74. The van der Waals surface area contributed by atoms with Crippen molar-refractivity contribution in [1.82, 2.24) is 4.90 Å². The van der Waals surface area contributed by atoms with E-state index in [1.807, 2.05) is 24.3 Å². The molecule has 0 bridgehead atoms. The highest BCUT2D eigenvalue weighted by molar-refractivity contribution is 5.28. The van der Waals surface area contributed by atoms with E-state index in [0.717, 1.165) is 44.5 Å². The summed E-state index contributed by atoms with van der Waals surface area (Å²) < 4.78 is 0. The molecule has 1 unspecified atom stereocenters. The minimum absolute atomic E-state index is 0.272. The second kappa shape index (κ2) is 6.93. The molecule has 0 radical (unpaired) electrons. The highest BCUT2D eigenvalue weighted by atomic mass is 16.3. The Bertz CT molecular complexity index is 727. The smallest absolute Gasteiger partial charge is 0.115 e. The largest absolute Gasteiger partial charge is 0.508 e. The van der Waals surface area contributed by atoms with Gasteiger partial charge in [0.15, 0.2) is 0 Å². The molecule has 3 N–H and O–H groups in total. The van der Waals surface area contributed by atoms with Crippen molar-refractivity contribution in [1.29, 1.82) is 0 Å². The van der Waals surface area contributed by atoms with Crippen molar-refractivity contribution in [2.75, 3.05) is 19.6 Å². The van der Waals surface area contributed by atoms with Crippen molar-refractivity contribution in [2.24, 2.45) is 11.8 Å². The lowest BCUT2D eigenvalue weighted by Gasteiger charge is -2.26. The monoisotopic (exact) mass is 353 g/mol. The second-order valence-corrected chi connectivity index (χ2v) is 8.17. The van der Waals surface area contributed by atoms with Crippen molar-refractivity contribution in [3.63, 3.8) is 0 Å². The molecular weight excluding hydrogens is 326 g/mol. The number of benzene rings is 2. The Balaban J connectivity index is 1.29. The summed E-state index contributed by atoms with van der Waals surface area (Å²) in [7, 11) is 0. The number of nitrogens with zero attached hydrogens (tertiary/aromatic N) is 1. The van der Waals surface area contributed by atoms with Gasteiger partial charge in [0.1, 0.15) is 11.5 Å². The summed E-state index contributed by atoms with van der Waals surface area (Å²) in [4.78, 5) is 2.52. The van der Waals surface area contributed by atoms with E-state index in [0.29, 0.717) is 24.0 Å². The predicted octanol–water partition coefficient (Wildman–Crippen LogP) is 2.96. The van der Waals surface area contributed by atoms with Gasteiger partial charge in [-0.15, -0.1) is 0 Å². The van der Waals surface area contributed by atoms with Gasteiger partial charge in [-0.05, 0) is 66.5 Å². The second-order valence-electron chi connectivity index (χ2n) is 8.17. The van der Waals surface area contributed by atoms with E-state index in [1.165, 1.54) is 5.56 Å². The first-order valence-electron chi connectivity index (χ1n) is 9.50. The molecule has 0 spiro atoms. The normalized spacial score (nSPS) is 28.3. The molecule has 1 saturated carbocycles. The first kappa shape index (κ1) is 17.4. The summed E-state index contributed by atoms with van der Waals surface area (Å²) >= 11 is 0. The van der Waals surface area contributed by atoms with Crippen LogP contribution in [0.5, 0.6) is 11.5 Å². The molecule has 3 atom stereocenters. The molecule has 4 rings (SSSR count). The third-order valence-electron chi connectivity index (χ3n) is 6.06. The van der Waals surface area contributed by atoms with Crippen molar-refractivity contribution in [2.45, 2.75) is 31.3 Å². The molecule has 4 nitrogen and oxygen atoms in total. The Morgan fingerprint density at radius 2 is 1.31 bits per heavy atom. The number of fused-ring (bicyclic) bond motifs is 1. The standard InChI is InChI=1S/C22H27NO3/c24-20-5-1-16(2-6-20)9-10-23-14-18-12-22(26,13-19(18)15-23)11-17-3-7-21(25)8-4-17/h1-8,18-19,24-26H,9-15H2/t18-,19+,22?. The van der Waals surface area contributed by atoms with Gasteiger partial charge in [-0.25, -0.2) is 0 Å². The maximum absolute atomic E-state index is 11.0. The molecule has 1 saturated heterocycles. The zero-order valence-corrected chi connectivity index (χ0v) is 15.0. The van der Waals surface area contributed by atoms with Crippen LogP contribution in [-0.2, 0) is 12.8 Å². The van der Waals surface area contributed by atoms with Crippen LogP contribution in [0.25, 0.3) is 0 Å². The SMILES string of the molecule is Oc1ccc(CCN2C[C@@H]3CC(O)(Cc4ccc(O)cc4)C[C@@H]3C2)cc1. The molecule has 138 valence electrons. The quantitative estimate of drug-likeness (QED) is 0.773. The van der Waals surface area contributed by atoms with Gasteiger partial charge >= 0.3 is 0 Å². The summed E-state index contributed by atoms with van der Waals surface area (Å²) in [6, 6.07) is 14.7. The number of phenols is 2. The predicted molar refractivity (Wildman–Crippen MR) is 101 cm³/mol. The van der Waals surface area contributed by atoms with Gasteiger partial charge in [-0.3, -0.25) is 0 Å². The minimum Gasteiger partial charge on any atom is -0.508 e. The van der Waals surface area contributed by atoms with Gasteiger partial charge in [0, 0.05) is 26.1 Å². The van der Waals surface area contributed by atoms with Crippen LogP contribution >= 0.6 is 0 Å². The lowest BCUT2D eigenvalue weighted by molar-refractivity contribution is 0.0355. The third-order valence-corrected chi connectivity index (χ3v) is 6.06. The number of aromatic hydroxyl groups is 2. The number of aliphatic hydroxyl groups is 1. The fourth-order valence-electron chi connectivity index (χ4n) is 4.83. The number of hydrogen-bond acceptors (Lipinski definition) is 4. The van der Waals surface area contributed by atoms with Crippen LogP contribution in [0, 0.1) is 11.8 Å². The number of rotatable bonds is 5. The van der Waals surface area contributed by atoms with Gasteiger partial charge < -0.3 is 20.2 Å². The van der Waals surface area contributed by atoms with E-state index in [-0.39, 0.29) is 5.75 Å². The topological polar surface area (TPSA) is 63.9 Å².